The van der Waals surface area contributed by atoms with Gasteiger partial charge in [-0.25, -0.2) is 0 Å². The first kappa shape index (κ1) is 11.5. The lowest BCUT2D eigenvalue weighted by Gasteiger charge is -2.28. The van der Waals surface area contributed by atoms with Crippen LogP contribution in [0, 0.1) is 6.92 Å². The number of rotatable bonds is 1. The van der Waals surface area contributed by atoms with E-state index < -0.39 is 0 Å². The molecule has 0 bridgehead atoms. The van der Waals surface area contributed by atoms with Crippen LogP contribution in [0.3, 0.4) is 0 Å². The molecule has 0 fully saturated rings. The van der Waals surface area contributed by atoms with Gasteiger partial charge in [0.05, 0.1) is 11.7 Å². The van der Waals surface area contributed by atoms with Crippen molar-refractivity contribution in [3.8, 4) is 17.2 Å². The van der Waals surface area contributed by atoms with E-state index in [9.17, 15) is 0 Å². The van der Waals surface area contributed by atoms with Gasteiger partial charge in [0, 0.05) is 0 Å². The highest BCUT2D eigenvalue weighted by molar-refractivity contribution is 5.60. The average molecular weight is 269 g/mol. The molecule has 0 saturated heterocycles. The van der Waals surface area contributed by atoms with Crippen LogP contribution in [0.25, 0.3) is 0 Å². The maximum Gasteiger partial charge on any atom is 0.231 e. The van der Waals surface area contributed by atoms with E-state index in [1.807, 2.05) is 18.2 Å². The molecule has 20 heavy (non-hydrogen) atoms. The van der Waals surface area contributed by atoms with Gasteiger partial charge in [-0.1, -0.05) is 12.1 Å². The molecule has 4 rings (SSSR count). The molecule has 0 radical (unpaired) electrons. The summed E-state index contributed by atoms with van der Waals surface area (Å²) in [5, 5.41) is 3.51. The van der Waals surface area contributed by atoms with Gasteiger partial charge >= 0.3 is 0 Å². The maximum atomic E-state index is 5.86. The SMILES string of the molecule is Cc1ccc2c(c1)OC[C@@H](c1ccc3c(c1)OCO3)N2. The second kappa shape index (κ2) is 4.34. The number of nitrogens with one attached hydrogen (secondary N) is 1. The van der Waals surface area contributed by atoms with Crippen molar-refractivity contribution in [1.29, 1.82) is 0 Å². The van der Waals surface area contributed by atoms with Crippen molar-refractivity contribution >= 4 is 5.69 Å². The predicted octanol–water partition coefficient (Wildman–Crippen LogP) is 3.27. The van der Waals surface area contributed by atoms with Gasteiger partial charge in [0.15, 0.2) is 11.5 Å². The fraction of sp³-hybridized carbons (Fsp3) is 0.250. The number of fused-ring (bicyclic) bond motifs is 2. The van der Waals surface area contributed by atoms with E-state index in [1.165, 1.54) is 5.56 Å². The Labute approximate surface area is 117 Å². The molecule has 1 N–H and O–H groups in total. The monoisotopic (exact) mass is 269 g/mol. The number of aryl methyl sites for hydroxylation is 1. The molecule has 0 saturated carbocycles. The molecule has 2 aliphatic heterocycles. The Bertz CT molecular complexity index is 669. The molecule has 4 heteroatoms. The summed E-state index contributed by atoms with van der Waals surface area (Å²) in [5.74, 6) is 2.53. The molecule has 2 aliphatic rings. The first-order valence-electron chi connectivity index (χ1n) is 6.69. The van der Waals surface area contributed by atoms with Gasteiger partial charge in [-0.05, 0) is 42.3 Å². The van der Waals surface area contributed by atoms with E-state index in [0.717, 1.165) is 28.5 Å². The summed E-state index contributed by atoms with van der Waals surface area (Å²) >= 11 is 0. The summed E-state index contributed by atoms with van der Waals surface area (Å²) < 4.78 is 16.6. The van der Waals surface area contributed by atoms with Crippen molar-refractivity contribution in [1.82, 2.24) is 0 Å². The fourth-order valence-electron chi connectivity index (χ4n) is 2.58. The topological polar surface area (TPSA) is 39.7 Å². The Balaban J connectivity index is 1.63. The zero-order valence-electron chi connectivity index (χ0n) is 11.2. The molecule has 0 unspecified atom stereocenters. The standard InChI is InChI=1S/C16H15NO3/c1-10-2-4-12-15(6-10)18-8-13(17-12)11-3-5-14-16(7-11)20-9-19-14/h2-7,13,17H,8-9H2,1H3/t13-/m0/s1. The van der Waals surface area contributed by atoms with Gasteiger partial charge in [-0.3, -0.25) is 0 Å². The summed E-state index contributed by atoms with van der Waals surface area (Å²) in [6, 6.07) is 12.3. The van der Waals surface area contributed by atoms with Crippen molar-refractivity contribution in [3.05, 3.63) is 47.5 Å². The van der Waals surface area contributed by atoms with Crippen molar-refractivity contribution < 1.29 is 14.2 Å². The molecule has 2 aromatic rings. The summed E-state index contributed by atoms with van der Waals surface area (Å²) in [5.41, 5.74) is 3.37. The summed E-state index contributed by atoms with van der Waals surface area (Å²) in [4.78, 5) is 0. The van der Waals surface area contributed by atoms with Crippen LogP contribution in [0.5, 0.6) is 17.2 Å². The van der Waals surface area contributed by atoms with E-state index in [2.05, 4.69) is 30.4 Å². The predicted molar refractivity (Wildman–Crippen MR) is 75.6 cm³/mol. The molecule has 2 aromatic carbocycles. The van der Waals surface area contributed by atoms with Gasteiger partial charge in [0.1, 0.15) is 12.4 Å². The highest BCUT2D eigenvalue weighted by Gasteiger charge is 2.22. The van der Waals surface area contributed by atoms with Crippen LogP contribution in [0.4, 0.5) is 5.69 Å². The molecular formula is C16H15NO3. The highest BCUT2D eigenvalue weighted by atomic mass is 16.7. The van der Waals surface area contributed by atoms with E-state index in [4.69, 9.17) is 14.2 Å². The Morgan fingerprint density at radius 1 is 0.950 bits per heavy atom. The molecule has 0 aromatic heterocycles. The fourth-order valence-corrected chi connectivity index (χ4v) is 2.58. The largest absolute Gasteiger partial charge is 0.489 e. The second-order valence-corrected chi connectivity index (χ2v) is 5.12. The van der Waals surface area contributed by atoms with Crippen molar-refractivity contribution in [2.45, 2.75) is 13.0 Å². The Kier molecular flexibility index (Phi) is 2.49. The first-order valence-corrected chi connectivity index (χ1v) is 6.69. The molecule has 2 heterocycles. The third-order valence-corrected chi connectivity index (χ3v) is 3.67. The number of anilines is 1. The third kappa shape index (κ3) is 1.84. The van der Waals surface area contributed by atoms with Crippen LogP contribution in [-0.4, -0.2) is 13.4 Å². The smallest absolute Gasteiger partial charge is 0.231 e. The Morgan fingerprint density at radius 3 is 2.80 bits per heavy atom. The van der Waals surface area contributed by atoms with Crippen molar-refractivity contribution in [2.75, 3.05) is 18.7 Å². The van der Waals surface area contributed by atoms with E-state index in [0.29, 0.717) is 13.4 Å². The summed E-state index contributed by atoms with van der Waals surface area (Å²) in [6.07, 6.45) is 0. The molecule has 1 atom stereocenters. The van der Waals surface area contributed by atoms with Crippen molar-refractivity contribution in [2.24, 2.45) is 0 Å². The average Bonchev–Trinajstić information content (AvgIpc) is 2.94. The number of hydrogen-bond donors (Lipinski definition) is 1. The molecule has 0 amide bonds. The van der Waals surface area contributed by atoms with E-state index in [1.54, 1.807) is 0 Å². The van der Waals surface area contributed by atoms with Crippen LogP contribution >= 0.6 is 0 Å². The third-order valence-electron chi connectivity index (χ3n) is 3.67. The zero-order valence-corrected chi connectivity index (χ0v) is 11.2. The normalized spacial score (nSPS) is 18.9. The summed E-state index contributed by atoms with van der Waals surface area (Å²) in [7, 11) is 0. The minimum Gasteiger partial charge on any atom is -0.489 e. The molecular weight excluding hydrogens is 254 g/mol. The van der Waals surface area contributed by atoms with Crippen LogP contribution in [0.15, 0.2) is 36.4 Å². The summed E-state index contributed by atoms with van der Waals surface area (Å²) in [6.45, 7) is 2.97. The zero-order chi connectivity index (χ0) is 13.5. The quantitative estimate of drug-likeness (QED) is 0.862. The van der Waals surface area contributed by atoms with Gasteiger partial charge in [-0.15, -0.1) is 0 Å². The van der Waals surface area contributed by atoms with Crippen molar-refractivity contribution in [3.63, 3.8) is 0 Å². The highest BCUT2D eigenvalue weighted by Crippen LogP contribution is 2.38. The number of ether oxygens (including phenoxy) is 3. The van der Waals surface area contributed by atoms with E-state index in [-0.39, 0.29) is 6.04 Å². The van der Waals surface area contributed by atoms with Gasteiger partial charge in [0.2, 0.25) is 6.79 Å². The van der Waals surface area contributed by atoms with Crippen LogP contribution in [0.2, 0.25) is 0 Å². The maximum absolute atomic E-state index is 5.86. The van der Waals surface area contributed by atoms with Gasteiger partial charge in [0.25, 0.3) is 0 Å². The van der Waals surface area contributed by atoms with Crippen LogP contribution < -0.4 is 19.5 Å². The Hall–Kier alpha value is -2.36. The second-order valence-electron chi connectivity index (χ2n) is 5.12. The van der Waals surface area contributed by atoms with Crippen LogP contribution in [0.1, 0.15) is 17.2 Å². The number of benzene rings is 2. The minimum atomic E-state index is 0.125. The van der Waals surface area contributed by atoms with E-state index >= 15 is 0 Å². The lowest BCUT2D eigenvalue weighted by Crippen LogP contribution is -2.23. The molecule has 0 aliphatic carbocycles. The number of hydrogen-bond acceptors (Lipinski definition) is 4. The Morgan fingerprint density at radius 2 is 1.85 bits per heavy atom. The first-order chi connectivity index (χ1) is 9.79. The van der Waals surface area contributed by atoms with Gasteiger partial charge < -0.3 is 19.5 Å². The van der Waals surface area contributed by atoms with Crippen LogP contribution in [-0.2, 0) is 0 Å². The molecule has 4 nitrogen and oxygen atoms in total. The molecule has 102 valence electrons. The lowest BCUT2D eigenvalue weighted by molar-refractivity contribution is 0.174. The molecule has 0 spiro atoms. The lowest BCUT2D eigenvalue weighted by atomic mass is 10.0. The minimum absolute atomic E-state index is 0.125. The van der Waals surface area contributed by atoms with Gasteiger partial charge in [-0.2, -0.15) is 0 Å².